The van der Waals surface area contributed by atoms with E-state index < -0.39 is 10.0 Å². The lowest BCUT2D eigenvalue weighted by molar-refractivity contribution is -0.101. The number of nitrogens with one attached hydrogen (secondary N) is 1. The predicted octanol–water partition coefficient (Wildman–Crippen LogP) is 6.60. The zero-order chi connectivity index (χ0) is 35.3. The van der Waals surface area contributed by atoms with E-state index >= 15 is 0 Å². The Labute approximate surface area is 289 Å². The lowest BCUT2D eigenvalue weighted by atomic mass is 9.51. The van der Waals surface area contributed by atoms with Gasteiger partial charge >= 0.3 is 6.09 Å². The van der Waals surface area contributed by atoms with Gasteiger partial charge in [0.1, 0.15) is 6.61 Å². The third-order valence-corrected chi connectivity index (χ3v) is 11.5. The van der Waals surface area contributed by atoms with Gasteiger partial charge < -0.3 is 19.3 Å². The number of nitrogens with zero attached hydrogens (tertiary/aromatic N) is 4. The number of amides is 2. The van der Waals surface area contributed by atoms with Gasteiger partial charge in [-0.3, -0.25) is 4.79 Å². The molecular weight excluding hydrogens is 643 g/mol. The molecule has 2 aliphatic carbocycles. The van der Waals surface area contributed by atoms with E-state index in [-0.39, 0.29) is 64.3 Å². The lowest BCUT2D eigenvalue weighted by Gasteiger charge is -2.62. The van der Waals surface area contributed by atoms with Crippen LogP contribution in [0.2, 0.25) is 0 Å². The number of rotatable bonds is 5. The third-order valence-electron chi connectivity index (χ3n) is 10.2. The SMILES string of the molecule is CCN(C(=O)OC)C1CC2(C1)CC(N1C(=O)c3cccc(c3)S(=O)(=O)Nc3nc(cc(-c4c(C)cccc4C)n3)OC[C@H]1CC(C)(C)C)C2. The van der Waals surface area contributed by atoms with Crippen molar-refractivity contribution in [3.8, 4) is 17.1 Å². The smallest absolute Gasteiger partial charge is 0.409 e. The Bertz CT molecular complexity index is 1840. The van der Waals surface area contributed by atoms with E-state index in [2.05, 4.69) is 35.5 Å². The van der Waals surface area contributed by atoms with Crippen molar-refractivity contribution >= 4 is 28.0 Å². The summed E-state index contributed by atoms with van der Waals surface area (Å²) in [7, 11) is -2.75. The molecule has 0 radical (unpaired) electrons. The number of hydrogen-bond donors (Lipinski definition) is 1. The lowest BCUT2D eigenvalue weighted by Crippen LogP contribution is -2.64. The van der Waals surface area contributed by atoms with Crippen molar-refractivity contribution in [3.63, 3.8) is 0 Å². The van der Waals surface area contributed by atoms with Gasteiger partial charge in [-0.1, -0.05) is 45.0 Å². The van der Waals surface area contributed by atoms with Crippen molar-refractivity contribution in [1.29, 1.82) is 0 Å². The predicted molar refractivity (Wildman–Crippen MR) is 187 cm³/mol. The largest absolute Gasteiger partial charge is 0.475 e. The van der Waals surface area contributed by atoms with Gasteiger partial charge in [-0.25, -0.2) is 22.9 Å². The summed E-state index contributed by atoms with van der Waals surface area (Å²) < 4.78 is 41.4. The first-order valence-corrected chi connectivity index (χ1v) is 18.5. The molecule has 2 fully saturated rings. The average Bonchev–Trinajstić information content (AvgIpc) is 2.99. The number of benzene rings is 2. The molecule has 4 bridgehead atoms. The van der Waals surface area contributed by atoms with E-state index in [9.17, 15) is 18.0 Å². The highest BCUT2D eigenvalue weighted by Crippen LogP contribution is 2.59. The highest BCUT2D eigenvalue weighted by Gasteiger charge is 2.57. The van der Waals surface area contributed by atoms with Crippen molar-refractivity contribution in [2.45, 2.75) is 96.7 Å². The molecule has 1 spiro atoms. The molecule has 1 aliphatic heterocycles. The van der Waals surface area contributed by atoms with Gasteiger partial charge in [0.15, 0.2) is 0 Å². The van der Waals surface area contributed by atoms with Crippen LogP contribution in [0.5, 0.6) is 5.88 Å². The molecule has 6 rings (SSSR count). The topological polar surface area (TPSA) is 131 Å². The first-order chi connectivity index (χ1) is 23.1. The Hall–Kier alpha value is -4.19. The summed E-state index contributed by atoms with van der Waals surface area (Å²) in [6.07, 6.45) is 3.64. The summed E-state index contributed by atoms with van der Waals surface area (Å²) in [6.45, 7) is 13.1. The van der Waals surface area contributed by atoms with Crippen molar-refractivity contribution in [2.75, 3.05) is 25.0 Å². The molecule has 2 amide bonds. The summed E-state index contributed by atoms with van der Waals surface area (Å²) in [5, 5.41) is 0. The number of aryl methyl sites for hydroxylation is 2. The summed E-state index contributed by atoms with van der Waals surface area (Å²) in [6, 6.07) is 13.5. The number of sulfonamides is 1. The number of aromatic nitrogens is 2. The number of fused-ring (bicyclic) bond motifs is 4. The Morgan fingerprint density at radius 1 is 1.06 bits per heavy atom. The van der Waals surface area contributed by atoms with Gasteiger partial charge in [0.25, 0.3) is 15.9 Å². The molecule has 11 nitrogen and oxygen atoms in total. The number of methoxy groups -OCH3 is 1. The maximum absolute atomic E-state index is 14.6. The van der Waals surface area contributed by atoms with Crippen LogP contribution in [0.1, 0.15) is 81.3 Å². The maximum atomic E-state index is 14.6. The van der Waals surface area contributed by atoms with Gasteiger partial charge in [-0.2, -0.15) is 4.98 Å². The quantitative estimate of drug-likeness (QED) is 0.317. The van der Waals surface area contributed by atoms with Gasteiger partial charge in [-0.05, 0) is 93.0 Å². The molecule has 3 aromatic rings. The molecule has 1 N–H and O–H groups in total. The van der Waals surface area contributed by atoms with Crippen LogP contribution in [0.4, 0.5) is 10.7 Å². The number of carbonyl (C=O) groups is 2. The van der Waals surface area contributed by atoms with Crippen LogP contribution >= 0.6 is 0 Å². The van der Waals surface area contributed by atoms with Crippen LogP contribution in [0.15, 0.2) is 53.4 Å². The second-order valence-electron chi connectivity index (χ2n) is 15.1. The molecule has 262 valence electrons. The van der Waals surface area contributed by atoms with Gasteiger partial charge in [0.05, 0.1) is 23.7 Å². The fourth-order valence-electron chi connectivity index (χ4n) is 8.06. The van der Waals surface area contributed by atoms with Crippen LogP contribution in [-0.2, 0) is 14.8 Å². The van der Waals surface area contributed by atoms with E-state index in [1.807, 2.05) is 43.9 Å². The minimum atomic E-state index is -4.16. The minimum absolute atomic E-state index is 0.0440. The summed E-state index contributed by atoms with van der Waals surface area (Å²) in [4.78, 5) is 39.7. The molecule has 2 heterocycles. The molecule has 49 heavy (non-hydrogen) atoms. The van der Waals surface area contributed by atoms with E-state index in [1.54, 1.807) is 23.1 Å². The Kier molecular flexibility index (Phi) is 9.15. The number of hydrogen-bond acceptors (Lipinski definition) is 8. The van der Waals surface area contributed by atoms with Crippen LogP contribution in [-0.4, -0.2) is 78.6 Å². The minimum Gasteiger partial charge on any atom is -0.475 e. The molecule has 2 aromatic carbocycles. The highest BCUT2D eigenvalue weighted by atomic mass is 32.2. The Morgan fingerprint density at radius 2 is 1.73 bits per heavy atom. The van der Waals surface area contributed by atoms with Crippen LogP contribution < -0.4 is 9.46 Å². The molecule has 2 saturated carbocycles. The maximum Gasteiger partial charge on any atom is 0.409 e. The monoisotopic (exact) mass is 689 g/mol. The summed E-state index contributed by atoms with van der Waals surface area (Å²) in [5.74, 6) is -0.121. The zero-order valence-electron chi connectivity index (χ0n) is 29.4. The standard InChI is InChI=1S/C37H47N5O6S/c1-8-41(35(44)47-7)26-18-37(19-26)20-27(21-37)42-28(17-36(4,5)6)22-48-31-16-30(32-23(2)11-9-12-24(32)3)38-34(39-31)40-49(45,46)29-14-10-13-25(15-29)33(42)43/h9-16,26-28H,8,17-22H2,1-7H3,(H,38,39,40)/t26?,27?,28-,37?/m1/s1. The second-order valence-corrected chi connectivity index (χ2v) is 16.8. The fourth-order valence-corrected chi connectivity index (χ4v) is 9.04. The third kappa shape index (κ3) is 6.97. The van der Waals surface area contributed by atoms with Crippen molar-refractivity contribution in [1.82, 2.24) is 19.8 Å². The highest BCUT2D eigenvalue weighted by molar-refractivity contribution is 7.92. The van der Waals surface area contributed by atoms with Gasteiger partial charge in [0, 0.05) is 35.8 Å². The van der Waals surface area contributed by atoms with E-state index in [1.165, 1.54) is 19.2 Å². The summed E-state index contributed by atoms with van der Waals surface area (Å²) >= 11 is 0. The molecule has 0 unspecified atom stereocenters. The van der Waals surface area contributed by atoms with Crippen molar-refractivity contribution < 1.29 is 27.5 Å². The molecule has 1 aromatic heterocycles. The summed E-state index contributed by atoms with van der Waals surface area (Å²) in [5.41, 5.74) is 3.56. The van der Waals surface area contributed by atoms with Crippen LogP contribution in [0, 0.1) is 24.7 Å². The first kappa shape index (κ1) is 34.7. The number of carbonyl (C=O) groups excluding carboxylic acids is 2. The number of ether oxygens (including phenoxy) is 2. The fraction of sp³-hybridized carbons (Fsp3) is 0.514. The zero-order valence-corrected chi connectivity index (χ0v) is 30.3. The Balaban J connectivity index is 1.39. The molecule has 1 atom stereocenters. The van der Waals surface area contributed by atoms with Crippen molar-refractivity contribution in [3.05, 3.63) is 65.2 Å². The van der Waals surface area contributed by atoms with Crippen molar-refractivity contribution in [2.24, 2.45) is 10.8 Å². The second kappa shape index (κ2) is 12.9. The molecule has 0 saturated heterocycles. The van der Waals surface area contributed by atoms with Crippen LogP contribution in [0.25, 0.3) is 11.3 Å². The van der Waals surface area contributed by atoms with E-state index in [0.717, 1.165) is 42.4 Å². The molecule has 12 heteroatoms. The molecular formula is C37H47N5O6S. The van der Waals surface area contributed by atoms with E-state index in [0.29, 0.717) is 24.2 Å². The Morgan fingerprint density at radius 3 is 2.37 bits per heavy atom. The van der Waals surface area contributed by atoms with Crippen LogP contribution in [0.3, 0.4) is 0 Å². The van der Waals surface area contributed by atoms with Gasteiger partial charge in [-0.15, -0.1) is 0 Å². The van der Waals surface area contributed by atoms with Gasteiger partial charge in [0.2, 0.25) is 11.8 Å². The normalized spacial score (nSPS) is 24.6. The number of anilines is 1. The average molecular weight is 690 g/mol. The van der Waals surface area contributed by atoms with E-state index in [4.69, 9.17) is 9.47 Å². The molecule has 3 aliphatic rings. The first-order valence-electron chi connectivity index (χ1n) is 17.0.